The van der Waals surface area contributed by atoms with Crippen molar-refractivity contribution in [3.63, 3.8) is 0 Å². The molecular formula is C21H21ClN2O4S. The summed E-state index contributed by atoms with van der Waals surface area (Å²) >= 11 is 7.55. The number of hydrogen-bond acceptors (Lipinski definition) is 5. The normalized spacial score (nSPS) is 15.9. The Morgan fingerprint density at radius 2 is 1.93 bits per heavy atom. The van der Waals surface area contributed by atoms with Crippen LogP contribution in [0.2, 0.25) is 5.02 Å². The van der Waals surface area contributed by atoms with Crippen LogP contribution in [0.15, 0.2) is 53.4 Å². The minimum Gasteiger partial charge on any atom is -0.456 e. The van der Waals surface area contributed by atoms with Crippen LogP contribution in [-0.2, 0) is 19.1 Å². The quantitative estimate of drug-likeness (QED) is 0.548. The van der Waals surface area contributed by atoms with Gasteiger partial charge in [-0.3, -0.25) is 14.4 Å². The number of esters is 1. The molecule has 1 unspecified atom stereocenters. The standard InChI is InChI=1S/C21H21ClN2O4S/c1-14-12-19(25)23-16-7-3-4-8-17(16)24(14)20(26)13-28-21(27)10-11-29-18-9-5-2-6-15(18)22/h2-9,14H,10-13H2,1H3,(H,23,25). The molecule has 0 saturated carbocycles. The molecule has 0 bridgehead atoms. The molecule has 0 saturated heterocycles. The minimum atomic E-state index is -0.456. The van der Waals surface area contributed by atoms with E-state index < -0.39 is 5.97 Å². The molecule has 1 aliphatic rings. The maximum atomic E-state index is 12.8. The number of fused-ring (bicyclic) bond motifs is 1. The van der Waals surface area contributed by atoms with Crippen LogP contribution in [0.1, 0.15) is 19.8 Å². The van der Waals surface area contributed by atoms with Crippen LogP contribution in [0.4, 0.5) is 11.4 Å². The first kappa shape index (κ1) is 21.2. The van der Waals surface area contributed by atoms with Crippen LogP contribution in [0.3, 0.4) is 0 Å². The predicted molar refractivity (Wildman–Crippen MR) is 114 cm³/mol. The van der Waals surface area contributed by atoms with Gasteiger partial charge < -0.3 is 15.0 Å². The van der Waals surface area contributed by atoms with E-state index in [1.54, 1.807) is 37.3 Å². The van der Waals surface area contributed by atoms with Gasteiger partial charge in [0.15, 0.2) is 6.61 Å². The summed E-state index contributed by atoms with van der Waals surface area (Å²) in [5, 5.41) is 3.43. The number of ether oxygens (including phenoxy) is 1. The lowest BCUT2D eigenvalue weighted by molar-refractivity contribution is -0.147. The number of carbonyl (C=O) groups is 3. The molecule has 8 heteroatoms. The van der Waals surface area contributed by atoms with Crippen LogP contribution >= 0.6 is 23.4 Å². The van der Waals surface area contributed by atoms with E-state index in [9.17, 15) is 14.4 Å². The molecule has 2 aromatic rings. The molecule has 2 aromatic carbocycles. The van der Waals surface area contributed by atoms with Crippen molar-refractivity contribution in [1.82, 2.24) is 0 Å². The van der Waals surface area contributed by atoms with Crippen LogP contribution in [0, 0.1) is 0 Å². The van der Waals surface area contributed by atoms with E-state index in [0.717, 1.165) is 4.90 Å². The summed E-state index contributed by atoms with van der Waals surface area (Å²) in [7, 11) is 0. The number of hydrogen-bond donors (Lipinski definition) is 1. The molecule has 1 aliphatic heterocycles. The van der Waals surface area contributed by atoms with Gasteiger partial charge in [0.2, 0.25) is 5.91 Å². The number of para-hydroxylation sites is 2. The molecule has 0 aromatic heterocycles. The summed E-state index contributed by atoms with van der Waals surface area (Å²) < 4.78 is 5.17. The fourth-order valence-electron chi connectivity index (χ4n) is 3.06. The Kier molecular flexibility index (Phi) is 7.17. The van der Waals surface area contributed by atoms with Crippen molar-refractivity contribution in [3.05, 3.63) is 53.6 Å². The largest absolute Gasteiger partial charge is 0.456 e. The molecule has 29 heavy (non-hydrogen) atoms. The predicted octanol–water partition coefficient (Wildman–Crippen LogP) is 4.13. The van der Waals surface area contributed by atoms with E-state index in [1.807, 2.05) is 18.2 Å². The van der Waals surface area contributed by atoms with Crippen LogP contribution in [-0.4, -0.2) is 36.2 Å². The van der Waals surface area contributed by atoms with Crippen molar-refractivity contribution in [2.75, 3.05) is 22.6 Å². The van der Waals surface area contributed by atoms with Gasteiger partial charge in [-0.05, 0) is 31.2 Å². The lowest BCUT2D eigenvalue weighted by Gasteiger charge is -2.27. The zero-order valence-corrected chi connectivity index (χ0v) is 17.5. The Labute approximate surface area is 178 Å². The second kappa shape index (κ2) is 9.80. The fourth-order valence-corrected chi connectivity index (χ4v) is 4.23. The van der Waals surface area contributed by atoms with Gasteiger partial charge in [-0.15, -0.1) is 11.8 Å². The third-order valence-corrected chi connectivity index (χ3v) is 5.90. The van der Waals surface area contributed by atoms with Crippen molar-refractivity contribution in [2.24, 2.45) is 0 Å². The maximum absolute atomic E-state index is 12.8. The lowest BCUT2D eigenvalue weighted by Crippen LogP contribution is -2.41. The molecule has 6 nitrogen and oxygen atoms in total. The van der Waals surface area contributed by atoms with E-state index in [1.165, 1.54) is 16.7 Å². The average molecular weight is 433 g/mol. The van der Waals surface area contributed by atoms with E-state index in [0.29, 0.717) is 22.2 Å². The van der Waals surface area contributed by atoms with Gasteiger partial charge in [0.1, 0.15) is 0 Å². The van der Waals surface area contributed by atoms with Gasteiger partial charge in [0.25, 0.3) is 5.91 Å². The Bertz CT molecular complexity index is 921. The highest BCUT2D eigenvalue weighted by molar-refractivity contribution is 7.99. The molecule has 3 rings (SSSR count). The molecular weight excluding hydrogens is 412 g/mol. The van der Waals surface area contributed by atoms with Crippen molar-refractivity contribution in [1.29, 1.82) is 0 Å². The highest BCUT2D eigenvalue weighted by Gasteiger charge is 2.30. The van der Waals surface area contributed by atoms with Crippen molar-refractivity contribution in [2.45, 2.75) is 30.7 Å². The SMILES string of the molecule is CC1CC(=O)Nc2ccccc2N1C(=O)COC(=O)CCSc1ccccc1Cl. The smallest absolute Gasteiger partial charge is 0.307 e. The van der Waals surface area contributed by atoms with Crippen molar-refractivity contribution < 1.29 is 19.1 Å². The second-order valence-corrected chi connectivity index (χ2v) is 8.12. The molecule has 1 N–H and O–H groups in total. The number of anilines is 2. The number of benzene rings is 2. The average Bonchev–Trinajstić information content (AvgIpc) is 2.82. The van der Waals surface area contributed by atoms with Crippen LogP contribution in [0.25, 0.3) is 0 Å². The summed E-state index contributed by atoms with van der Waals surface area (Å²) in [6.07, 6.45) is 0.332. The number of carbonyl (C=O) groups excluding carboxylic acids is 3. The van der Waals surface area contributed by atoms with Gasteiger partial charge in [-0.25, -0.2) is 0 Å². The van der Waals surface area contributed by atoms with Crippen molar-refractivity contribution in [3.8, 4) is 0 Å². The monoisotopic (exact) mass is 432 g/mol. The summed E-state index contributed by atoms with van der Waals surface area (Å²) in [4.78, 5) is 39.2. The third kappa shape index (κ3) is 5.52. The Balaban J connectivity index is 1.55. The third-order valence-electron chi connectivity index (χ3n) is 4.38. The summed E-state index contributed by atoms with van der Waals surface area (Å²) in [6.45, 7) is 1.42. The van der Waals surface area contributed by atoms with Gasteiger partial charge >= 0.3 is 5.97 Å². The second-order valence-electron chi connectivity index (χ2n) is 6.57. The van der Waals surface area contributed by atoms with E-state index in [-0.39, 0.29) is 37.3 Å². The van der Waals surface area contributed by atoms with Gasteiger partial charge in [-0.1, -0.05) is 35.9 Å². The zero-order valence-electron chi connectivity index (χ0n) is 15.9. The molecule has 2 amide bonds. The van der Waals surface area contributed by atoms with E-state index in [2.05, 4.69) is 5.32 Å². The lowest BCUT2D eigenvalue weighted by atomic mass is 10.1. The van der Waals surface area contributed by atoms with E-state index in [4.69, 9.17) is 16.3 Å². The number of nitrogens with one attached hydrogen (secondary N) is 1. The molecule has 1 atom stereocenters. The Hall–Kier alpha value is -2.51. The maximum Gasteiger partial charge on any atom is 0.307 e. The first-order valence-corrected chi connectivity index (χ1v) is 10.6. The summed E-state index contributed by atoms with van der Waals surface area (Å²) in [5.74, 6) is -0.483. The fraction of sp³-hybridized carbons (Fsp3) is 0.286. The molecule has 0 aliphatic carbocycles. The van der Waals surface area contributed by atoms with Gasteiger partial charge in [0, 0.05) is 23.1 Å². The van der Waals surface area contributed by atoms with Crippen LogP contribution in [0.5, 0.6) is 0 Å². The van der Waals surface area contributed by atoms with E-state index >= 15 is 0 Å². The Morgan fingerprint density at radius 1 is 1.21 bits per heavy atom. The topological polar surface area (TPSA) is 75.7 Å². The van der Waals surface area contributed by atoms with Gasteiger partial charge in [0.05, 0.1) is 22.8 Å². The van der Waals surface area contributed by atoms with Crippen LogP contribution < -0.4 is 10.2 Å². The number of halogens is 1. The molecule has 0 spiro atoms. The highest BCUT2D eigenvalue weighted by atomic mass is 35.5. The number of nitrogens with zero attached hydrogens (tertiary/aromatic N) is 1. The number of thioether (sulfide) groups is 1. The minimum absolute atomic E-state index is 0.158. The molecule has 0 radical (unpaired) electrons. The Morgan fingerprint density at radius 3 is 2.72 bits per heavy atom. The summed E-state index contributed by atoms with van der Waals surface area (Å²) in [5.41, 5.74) is 1.17. The first-order valence-electron chi connectivity index (χ1n) is 9.19. The van der Waals surface area contributed by atoms with Gasteiger partial charge in [-0.2, -0.15) is 0 Å². The highest BCUT2D eigenvalue weighted by Crippen LogP contribution is 2.31. The summed E-state index contributed by atoms with van der Waals surface area (Å²) in [6, 6.07) is 14.1. The molecule has 1 heterocycles. The van der Waals surface area contributed by atoms with Crippen molar-refractivity contribution >= 4 is 52.5 Å². The number of amides is 2. The zero-order chi connectivity index (χ0) is 20.8. The number of rotatable bonds is 6. The molecule has 152 valence electrons. The first-order chi connectivity index (χ1) is 14.0. The molecule has 0 fully saturated rings.